The van der Waals surface area contributed by atoms with Crippen LogP contribution in [0.15, 0.2) is 5.29 Å². The van der Waals surface area contributed by atoms with E-state index in [2.05, 4.69) is 15.4 Å². The Morgan fingerprint density at radius 1 is 1.43 bits per heavy atom. The molecule has 0 aromatic heterocycles. The summed E-state index contributed by atoms with van der Waals surface area (Å²) in [6.45, 7) is 1.12. The summed E-state index contributed by atoms with van der Waals surface area (Å²) in [5, 5.41) is 5.41. The molecule has 1 saturated heterocycles. The van der Waals surface area contributed by atoms with Crippen LogP contribution in [0.1, 0.15) is 19.8 Å². The summed E-state index contributed by atoms with van der Waals surface area (Å²) in [5.41, 5.74) is 0. The molecule has 4 amide bonds. The van der Waals surface area contributed by atoms with Crippen LogP contribution < -0.4 is 5.32 Å². The van der Waals surface area contributed by atoms with Crippen molar-refractivity contribution >= 4 is 35.4 Å². The normalized spacial score (nSPS) is 15.6. The Hall–Kier alpha value is -2.23. The lowest BCUT2D eigenvalue weighted by Crippen LogP contribution is -2.47. The number of halogens is 1. The molecule has 0 spiro atoms. The van der Waals surface area contributed by atoms with Crippen molar-refractivity contribution in [2.24, 2.45) is 5.29 Å². The summed E-state index contributed by atoms with van der Waals surface area (Å²) in [6, 6.07) is -2.15. The zero-order valence-corrected chi connectivity index (χ0v) is 11.8. The molecule has 1 fully saturated rings. The minimum Gasteiger partial charge on any atom is -0.328 e. The number of carbonyl (C=O) groups is 4. The van der Waals surface area contributed by atoms with Crippen molar-refractivity contribution in [2.75, 3.05) is 12.4 Å². The summed E-state index contributed by atoms with van der Waals surface area (Å²) >= 11 is 5.37. The van der Waals surface area contributed by atoms with Crippen LogP contribution in [-0.2, 0) is 19.2 Å². The molecule has 0 aromatic rings. The average molecular weight is 321 g/mol. The minimum atomic E-state index is -1.20. The zero-order chi connectivity index (χ0) is 16.0. The highest BCUT2D eigenvalue weighted by molar-refractivity contribution is 6.18. The maximum Gasteiger partial charge on any atom is 0.355 e. The van der Waals surface area contributed by atoms with Gasteiger partial charge in [0.2, 0.25) is 0 Å². The molecule has 1 atom stereocenters. The number of urea groups is 1. The van der Waals surface area contributed by atoms with E-state index in [1.165, 1.54) is 6.92 Å². The summed E-state index contributed by atoms with van der Waals surface area (Å²) in [5.74, 6) is -2.31. The van der Waals surface area contributed by atoms with Crippen molar-refractivity contribution in [3.8, 4) is 0 Å². The van der Waals surface area contributed by atoms with Gasteiger partial charge in [-0.2, -0.15) is 5.01 Å². The molecular formula is C10H13ClN4O6. The van der Waals surface area contributed by atoms with Crippen LogP contribution in [0.3, 0.4) is 0 Å². The van der Waals surface area contributed by atoms with Crippen LogP contribution in [-0.4, -0.2) is 52.4 Å². The van der Waals surface area contributed by atoms with E-state index < -0.39 is 29.9 Å². The van der Waals surface area contributed by atoms with Crippen molar-refractivity contribution in [3.63, 3.8) is 0 Å². The largest absolute Gasteiger partial charge is 0.355 e. The van der Waals surface area contributed by atoms with Gasteiger partial charge in [-0.05, 0) is 6.92 Å². The quantitative estimate of drug-likeness (QED) is 0.315. The molecule has 0 aliphatic carbocycles. The van der Waals surface area contributed by atoms with E-state index in [0.717, 1.165) is 0 Å². The second kappa shape index (κ2) is 7.53. The van der Waals surface area contributed by atoms with Gasteiger partial charge in [0.05, 0.1) is 11.8 Å². The number of imide groups is 1. The Bertz CT molecular complexity index is 454. The Balaban J connectivity index is 2.54. The first-order valence-electron chi connectivity index (χ1n) is 5.95. The molecule has 0 bridgehead atoms. The first-order chi connectivity index (χ1) is 9.90. The van der Waals surface area contributed by atoms with Gasteiger partial charge in [-0.15, -0.1) is 21.6 Å². The smallest absolute Gasteiger partial charge is 0.328 e. The first kappa shape index (κ1) is 16.8. The number of hydrogen-bond donors (Lipinski definition) is 1. The summed E-state index contributed by atoms with van der Waals surface area (Å²) in [6.07, 6.45) is -0.0726. The van der Waals surface area contributed by atoms with Crippen LogP contribution in [0, 0.1) is 4.91 Å². The van der Waals surface area contributed by atoms with Crippen LogP contribution in [0.5, 0.6) is 0 Å². The van der Waals surface area contributed by atoms with Crippen molar-refractivity contribution in [1.29, 1.82) is 0 Å². The maximum atomic E-state index is 11.7. The van der Waals surface area contributed by atoms with Gasteiger partial charge in [0.1, 0.15) is 6.04 Å². The maximum absolute atomic E-state index is 11.7. The molecule has 0 aromatic carbocycles. The molecule has 0 saturated carbocycles. The SMILES string of the molecule is CC(NC(=O)N(CCCl)N=O)C(=O)ON1C(=O)CCC1=O. The van der Waals surface area contributed by atoms with Crippen LogP contribution in [0.25, 0.3) is 0 Å². The Morgan fingerprint density at radius 2 is 2.00 bits per heavy atom. The van der Waals surface area contributed by atoms with Crippen molar-refractivity contribution in [1.82, 2.24) is 15.4 Å². The van der Waals surface area contributed by atoms with E-state index in [9.17, 15) is 24.1 Å². The van der Waals surface area contributed by atoms with Gasteiger partial charge in [0.15, 0.2) is 0 Å². The highest BCUT2D eigenvalue weighted by Gasteiger charge is 2.34. The van der Waals surface area contributed by atoms with Gasteiger partial charge >= 0.3 is 12.0 Å². The molecule has 1 N–H and O–H groups in total. The monoisotopic (exact) mass is 320 g/mol. The number of nitrogens with one attached hydrogen (secondary N) is 1. The summed E-state index contributed by atoms with van der Waals surface area (Å²) in [4.78, 5) is 60.7. The van der Waals surface area contributed by atoms with Gasteiger partial charge < -0.3 is 10.2 Å². The number of amides is 4. The molecule has 0 radical (unpaired) electrons. The predicted molar refractivity (Wildman–Crippen MR) is 68.4 cm³/mol. The highest BCUT2D eigenvalue weighted by Crippen LogP contribution is 2.12. The van der Waals surface area contributed by atoms with E-state index in [0.29, 0.717) is 10.1 Å². The number of nitrogens with zero attached hydrogens (tertiary/aromatic N) is 3. The molecule has 10 nitrogen and oxygen atoms in total. The fourth-order valence-electron chi connectivity index (χ4n) is 1.41. The third-order valence-corrected chi connectivity index (χ3v) is 2.68. The lowest BCUT2D eigenvalue weighted by molar-refractivity contribution is -0.198. The van der Waals surface area contributed by atoms with Gasteiger partial charge in [-0.1, -0.05) is 0 Å². The molecule has 1 rings (SSSR count). The van der Waals surface area contributed by atoms with Crippen molar-refractivity contribution in [2.45, 2.75) is 25.8 Å². The molecule has 1 aliphatic heterocycles. The van der Waals surface area contributed by atoms with Crippen LogP contribution >= 0.6 is 11.6 Å². The Labute approximate surface area is 124 Å². The summed E-state index contributed by atoms with van der Waals surface area (Å²) < 4.78 is 0. The molecule has 1 heterocycles. The van der Waals surface area contributed by atoms with E-state index in [1.54, 1.807) is 0 Å². The van der Waals surface area contributed by atoms with Crippen molar-refractivity contribution in [3.05, 3.63) is 4.91 Å². The second-order valence-electron chi connectivity index (χ2n) is 4.06. The number of hydroxylamine groups is 2. The van der Waals surface area contributed by atoms with Crippen LogP contribution in [0.2, 0.25) is 0 Å². The van der Waals surface area contributed by atoms with Gasteiger partial charge in [-0.25, -0.2) is 9.59 Å². The second-order valence-corrected chi connectivity index (χ2v) is 4.44. The van der Waals surface area contributed by atoms with E-state index in [1.807, 2.05) is 0 Å². The van der Waals surface area contributed by atoms with Gasteiger partial charge in [0.25, 0.3) is 11.8 Å². The number of nitroso groups, excluding NO2 is 1. The molecule has 1 unspecified atom stereocenters. The van der Waals surface area contributed by atoms with E-state index in [-0.39, 0.29) is 25.3 Å². The standard InChI is InChI=1S/C10H13ClN4O6/c1-6(12-10(19)14(13-20)5-4-11)9(18)21-15-7(16)2-3-8(15)17/h6H,2-5H2,1H3,(H,12,19). The topological polar surface area (TPSA) is 125 Å². The predicted octanol–water partition coefficient (Wildman–Crippen LogP) is -0.0861. The number of hydrogen-bond acceptors (Lipinski definition) is 7. The molecule has 21 heavy (non-hydrogen) atoms. The summed E-state index contributed by atoms with van der Waals surface area (Å²) in [7, 11) is 0. The molecule has 116 valence electrons. The number of rotatable bonds is 6. The Morgan fingerprint density at radius 3 is 2.48 bits per heavy atom. The Kier molecular flexibility index (Phi) is 6.03. The lowest BCUT2D eigenvalue weighted by Gasteiger charge is -2.19. The lowest BCUT2D eigenvalue weighted by atomic mass is 10.3. The number of alkyl halides is 1. The third-order valence-electron chi connectivity index (χ3n) is 2.51. The van der Waals surface area contributed by atoms with Gasteiger partial charge in [-0.3, -0.25) is 9.59 Å². The minimum absolute atomic E-state index is 0.0191. The fourth-order valence-corrected chi connectivity index (χ4v) is 1.57. The molecule has 11 heteroatoms. The third kappa shape index (κ3) is 4.38. The molecular weight excluding hydrogens is 308 g/mol. The average Bonchev–Trinajstić information content (AvgIpc) is 2.76. The number of carbonyl (C=O) groups excluding carboxylic acids is 4. The van der Waals surface area contributed by atoms with Gasteiger partial charge in [0, 0.05) is 18.7 Å². The zero-order valence-electron chi connectivity index (χ0n) is 11.1. The van der Waals surface area contributed by atoms with E-state index >= 15 is 0 Å². The fraction of sp³-hybridized carbons (Fsp3) is 0.600. The highest BCUT2D eigenvalue weighted by atomic mass is 35.5. The van der Waals surface area contributed by atoms with E-state index in [4.69, 9.17) is 11.6 Å². The molecule has 1 aliphatic rings. The first-order valence-corrected chi connectivity index (χ1v) is 6.49. The van der Waals surface area contributed by atoms with Crippen LogP contribution in [0.4, 0.5) is 4.79 Å². The van der Waals surface area contributed by atoms with Crippen molar-refractivity contribution < 1.29 is 24.0 Å².